The normalized spacial score (nSPS) is 29.1. The van der Waals surface area contributed by atoms with Gasteiger partial charge in [0.15, 0.2) is 0 Å². The smallest absolute Gasteiger partial charge is 0.416 e. The molecule has 28 heavy (non-hydrogen) atoms. The predicted octanol–water partition coefficient (Wildman–Crippen LogP) is 4.53. The molecule has 2 aliphatic heterocycles. The molecule has 0 spiro atoms. The summed E-state index contributed by atoms with van der Waals surface area (Å²) >= 11 is 1.63. The highest BCUT2D eigenvalue weighted by atomic mass is 32.2. The van der Waals surface area contributed by atoms with Crippen molar-refractivity contribution in [2.24, 2.45) is 5.92 Å². The Bertz CT molecular complexity index is 761. The molecular formula is C21H29NO5S. The Kier molecular flexibility index (Phi) is 5.69. The third-order valence-corrected chi connectivity index (χ3v) is 6.22. The predicted molar refractivity (Wildman–Crippen MR) is 109 cm³/mol. The molecule has 2 aliphatic rings. The van der Waals surface area contributed by atoms with Gasteiger partial charge in [0.1, 0.15) is 16.8 Å². The van der Waals surface area contributed by atoms with Crippen molar-refractivity contribution in [1.29, 1.82) is 0 Å². The molecule has 1 saturated heterocycles. The zero-order valence-corrected chi connectivity index (χ0v) is 18.2. The molecule has 7 heteroatoms. The molecule has 0 bridgehead atoms. The number of hydrogen-bond acceptors (Lipinski definition) is 6. The fourth-order valence-electron chi connectivity index (χ4n) is 4.10. The van der Waals surface area contributed by atoms with Crippen LogP contribution in [-0.2, 0) is 19.0 Å². The molecule has 0 aromatic heterocycles. The maximum absolute atomic E-state index is 13.1. The van der Waals surface area contributed by atoms with Crippen LogP contribution in [-0.4, -0.2) is 41.7 Å². The van der Waals surface area contributed by atoms with Gasteiger partial charge in [0.2, 0.25) is 0 Å². The average Bonchev–Trinajstić information content (AvgIpc) is 2.92. The van der Waals surface area contributed by atoms with Crippen molar-refractivity contribution in [3.63, 3.8) is 0 Å². The van der Waals surface area contributed by atoms with Crippen molar-refractivity contribution < 1.29 is 23.8 Å². The van der Waals surface area contributed by atoms with Crippen LogP contribution >= 0.6 is 11.8 Å². The van der Waals surface area contributed by atoms with Gasteiger partial charge in [-0.1, -0.05) is 25.1 Å². The Morgan fingerprint density at radius 3 is 2.61 bits per heavy atom. The van der Waals surface area contributed by atoms with Crippen LogP contribution in [0.2, 0.25) is 0 Å². The lowest BCUT2D eigenvalue weighted by atomic mass is 9.80. The molecule has 0 saturated carbocycles. The van der Waals surface area contributed by atoms with Crippen LogP contribution in [0.1, 0.15) is 52.5 Å². The molecule has 6 nitrogen and oxygen atoms in total. The summed E-state index contributed by atoms with van der Waals surface area (Å²) in [6.45, 7) is 9.53. The quantitative estimate of drug-likeness (QED) is 0.686. The largest absolute Gasteiger partial charge is 0.469 e. The van der Waals surface area contributed by atoms with Gasteiger partial charge in [0.25, 0.3) is 0 Å². The Balaban J connectivity index is 2.07. The second kappa shape index (κ2) is 7.59. The minimum Gasteiger partial charge on any atom is -0.469 e. The van der Waals surface area contributed by atoms with Crippen LogP contribution in [0.25, 0.3) is 0 Å². The molecule has 0 aliphatic carbocycles. The fraction of sp³-hybridized carbons (Fsp3) is 0.619. The van der Waals surface area contributed by atoms with E-state index in [-0.39, 0.29) is 11.9 Å². The van der Waals surface area contributed by atoms with Crippen molar-refractivity contribution in [2.45, 2.75) is 63.7 Å². The topological polar surface area (TPSA) is 65.1 Å². The summed E-state index contributed by atoms with van der Waals surface area (Å²) in [5.41, 5.74) is 1.01. The van der Waals surface area contributed by atoms with E-state index >= 15 is 0 Å². The molecule has 3 rings (SSSR count). The van der Waals surface area contributed by atoms with Gasteiger partial charge in [-0.15, -0.1) is 11.8 Å². The fourth-order valence-corrected chi connectivity index (χ4v) is 5.18. The maximum atomic E-state index is 13.1. The van der Waals surface area contributed by atoms with Crippen LogP contribution in [0.15, 0.2) is 24.3 Å². The molecule has 4 atom stereocenters. The van der Waals surface area contributed by atoms with Gasteiger partial charge in [-0.3, -0.25) is 9.69 Å². The minimum atomic E-state index is -0.637. The number of anilines is 1. The Hall–Kier alpha value is -1.73. The molecule has 0 radical (unpaired) electrons. The number of esters is 1. The van der Waals surface area contributed by atoms with Crippen LogP contribution in [0.3, 0.4) is 0 Å². The van der Waals surface area contributed by atoms with E-state index in [0.717, 1.165) is 17.0 Å². The van der Waals surface area contributed by atoms with Crippen LogP contribution in [0, 0.1) is 5.92 Å². The number of hydrogen-bond donors (Lipinski definition) is 0. The van der Waals surface area contributed by atoms with E-state index in [0.29, 0.717) is 6.42 Å². The van der Waals surface area contributed by atoms with Gasteiger partial charge in [-0.2, -0.15) is 0 Å². The number of ether oxygens (including phenoxy) is 3. The van der Waals surface area contributed by atoms with E-state index in [4.69, 9.17) is 14.2 Å². The van der Waals surface area contributed by atoms with Crippen molar-refractivity contribution in [3.05, 3.63) is 29.8 Å². The summed E-state index contributed by atoms with van der Waals surface area (Å²) in [6, 6.07) is 7.62. The Labute approximate surface area is 170 Å². The molecule has 1 aromatic carbocycles. The molecule has 1 fully saturated rings. The SMILES string of the molecule is CCS[C@@]1(C)C[C@@H](C(=O)OC)C2c3ccccc3N(C(=O)OC(C)(C)C)C2O1. The number of methoxy groups -OCH3 is 1. The van der Waals surface area contributed by atoms with E-state index in [1.807, 2.05) is 58.9 Å². The summed E-state index contributed by atoms with van der Waals surface area (Å²) < 4.78 is 17.3. The Morgan fingerprint density at radius 1 is 1.32 bits per heavy atom. The first-order valence-corrected chi connectivity index (χ1v) is 10.6. The van der Waals surface area contributed by atoms with Crippen molar-refractivity contribution in [3.8, 4) is 0 Å². The second-order valence-electron chi connectivity index (χ2n) is 8.34. The van der Waals surface area contributed by atoms with Gasteiger partial charge >= 0.3 is 12.1 Å². The van der Waals surface area contributed by atoms with Gasteiger partial charge in [-0.25, -0.2) is 4.79 Å². The number of thioether (sulfide) groups is 1. The third kappa shape index (κ3) is 3.87. The van der Waals surface area contributed by atoms with Crippen LogP contribution in [0.5, 0.6) is 0 Å². The number of nitrogens with zero attached hydrogens (tertiary/aromatic N) is 1. The number of fused-ring (bicyclic) bond motifs is 3. The lowest BCUT2D eigenvalue weighted by Gasteiger charge is -2.45. The number of rotatable bonds is 3. The number of carbonyl (C=O) groups is 2. The standard InChI is InChI=1S/C21H29NO5S/c1-7-28-21(5)12-14(18(23)25-6)16-13-10-8-9-11-15(13)22(17(16)26-21)19(24)27-20(2,3)4/h8-11,14,16-17H,7,12H2,1-6H3/t14-,16?,17?,21+/m1/s1. The summed E-state index contributed by atoms with van der Waals surface area (Å²) in [6.07, 6.45) is -0.563. The van der Waals surface area contributed by atoms with Crippen molar-refractivity contribution >= 4 is 29.5 Å². The highest BCUT2D eigenvalue weighted by molar-refractivity contribution is 8.00. The summed E-state index contributed by atoms with van der Waals surface area (Å²) in [4.78, 5) is 26.8. The lowest BCUT2D eigenvalue weighted by Crippen LogP contribution is -2.53. The van der Waals surface area contributed by atoms with E-state index < -0.39 is 28.8 Å². The first-order valence-electron chi connectivity index (χ1n) is 9.61. The highest BCUT2D eigenvalue weighted by Gasteiger charge is 2.56. The molecular weight excluding hydrogens is 378 g/mol. The molecule has 2 unspecified atom stereocenters. The average molecular weight is 408 g/mol. The van der Waals surface area contributed by atoms with Crippen LogP contribution < -0.4 is 4.90 Å². The van der Waals surface area contributed by atoms with E-state index in [1.54, 1.807) is 16.7 Å². The number of carbonyl (C=O) groups excluding carboxylic acids is 2. The van der Waals surface area contributed by atoms with E-state index in [1.165, 1.54) is 7.11 Å². The second-order valence-corrected chi connectivity index (χ2v) is 10.1. The maximum Gasteiger partial charge on any atom is 0.416 e. The van der Waals surface area contributed by atoms with Crippen molar-refractivity contribution in [1.82, 2.24) is 0 Å². The third-order valence-electron chi connectivity index (χ3n) is 5.06. The van der Waals surface area contributed by atoms with E-state index in [9.17, 15) is 9.59 Å². The summed E-state index contributed by atoms with van der Waals surface area (Å²) in [5.74, 6) is -0.133. The first-order chi connectivity index (χ1) is 13.1. The summed E-state index contributed by atoms with van der Waals surface area (Å²) in [5, 5.41) is 0. The van der Waals surface area contributed by atoms with Gasteiger partial charge < -0.3 is 14.2 Å². The first kappa shape index (κ1) is 21.0. The molecule has 1 aromatic rings. The molecule has 0 N–H and O–H groups in total. The Morgan fingerprint density at radius 2 is 2.00 bits per heavy atom. The van der Waals surface area contributed by atoms with Gasteiger partial charge in [-0.05, 0) is 51.5 Å². The van der Waals surface area contributed by atoms with Gasteiger partial charge in [0.05, 0.1) is 18.7 Å². The monoisotopic (exact) mass is 407 g/mol. The zero-order valence-electron chi connectivity index (χ0n) is 17.4. The van der Waals surface area contributed by atoms with E-state index in [2.05, 4.69) is 0 Å². The number of para-hydroxylation sites is 1. The zero-order chi connectivity index (χ0) is 20.7. The van der Waals surface area contributed by atoms with Gasteiger partial charge in [0, 0.05) is 5.92 Å². The molecule has 154 valence electrons. The van der Waals surface area contributed by atoms with Crippen LogP contribution in [0.4, 0.5) is 10.5 Å². The minimum absolute atomic E-state index is 0.276. The highest BCUT2D eigenvalue weighted by Crippen LogP contribution is 2.54. The number of amides is 1. The number of benzene rings is 1. The summed E-state index contributed by atoms with van der Waals surface area (Å²) in [7, 11) is 1.41. The van der Waals surface area contributed by atoms with Crippen molar-refractivity contribution in [2.75, 3.05) is 17.8 Å². The molecule has 2 heterocycles. The molecule has 1 amide bonds. The lowest BCUT2D eigenvalue weighted by molar-refractivity contribution is -0.158.